The lowest BCUT2D eigenvalue weighted by Gasteiger charge is -2.26. The fraction of sp³-hybridized carbons (Fsp3) is 0.400. The first-order valence-corrected chi connectivity index (χ1v) is 4.52. The van der Waals surface area contributed by atoms with E-state index in [0.717, 1.165) is 0 Å². The Labute approximate surface area is 81.1 Å². The van der Waals surface area contributed by atoms with Crippen LogP contribution < -0.4 is 0 Å². The average molecular weight is 196 g/mol. The Morgan fingerprint density at radius 3 is 1.57 bits per heavy atom. The molecule has 0 saturated heterocycles. The smallest absolute Gasteiger partial charge is 0.122 e. The molecule has 4 nitrogen and oxygen atoms in total. The van der Waals surface area contributed by atoms with Crippen LogP contribution in [0.25, 0.3) is 0 Å². The average Bonchev–Trinajstić information content (AvgIpc) is 2.16. The van der Waals surface area contributed by atoms with E-state index in [2.05, 4.69) is 0 Å². The van der Waals surface area contributed by atoms with Crippen LogP contribution in [0.3, 0.4) is 0 Å². The largest absolute Gasteiger partial charge is 0.508 e. The molecule has 1 aromatic carbocycles. The number of aromatic hydroxyl groups is 2. The van der Waals surface area contributed by atoms with Crippen LogP contribution in [0.5, 0.6) is 11.5 Å². The molecule has 0 aromatic heterocycles. The van der Waals surface area contributed by atoms with Gasteiger partial charge in [0.15, 0.2) is 0 Å². The van der Waals surface area contributed by atoms with Gasteiger partial charge in [0.05, 0.1) is 12.2 Å². The molecule has 0 amide bonds. The number of hydrogen-bond acceptors (Lipinski definition) is 4. The number of phenolic OH excluding ortho intramolecular Hbond substituents is 2. The normalized spacial score (nSPS) is 25.9. The van der Waals surface area contributed by atoms with Crippen LogP contribution in [0.4, 0.5) is 0 Å². The van der Waals surface area contributed by atoms with Crippen LogP contribution in [-0.2, 0) is 0 Å². The summed E-state index contributed by atoms with van der Waals surface area (Å²) in [6.07, 6.45) is -0.822. The van der Waals surface area contributed by atoms with Crippen LogP contribution in [-0.4, -0.2) is 20.4 Å². The van der Waals surface area contributed by atoms with Gasteiger partial charge in [-0.3, -0.25) is 0 Å². The predicted octanol–water partition coefficient (Wildman–Crippen LogP) is 0.958. The second kappa shape index (κ2) is 3.15. The molecule has 0 radical (unpaired) electrons. The summed E-state index contributed by atoms with van der Waals surface area (Å²) in [5.41, 5.74) is 0.507. The SMILES string of the molecule is Oc1ccc(O)c2c1C(O)CCC2O. The van der Waals surface area contributed by atoms with Crippen LogP contribution in [0, 0.1) is 0 Å². The highest BCUT2D eigenvalue weighted by molar-refractivity contribution is 5.50. The van der Waals surface area contributed by atoms with E-state index in [1.807, 2.05) is 0 Å². The van der Waals surface area contributed by atoms with Gasteiger partial charge in [-0.15, -0.1) is 0 Å². The predicted molar refractivity (Wildman–Crippen MR) is 48.9 cm³/mol. The molecule has 2 rings (SSSR count). The van der Waals surface area contributed by atoms with Crippen molar-refractivity contribution in [3.63, 3.8) is 0 Å². The molecular weight excluding hydrogens is 184 g/mol. The first-order chi connectivity index (χ1) is 6.61. The Kier molecular flexibility index (Phi) is 2.09. The molecule has 4 N–H and O–H groups in total. The molecule has 0 aliphatic heterocycles. The van der Waals surface area contributed by atoms with E-state index in [1.54, 1.807) is 0 Å². The number of aliphatic hydroxyl groups is 2. The summed E-state index contributed by atoms with van der Waals surface area (Å²) in [6.45, 7) is 0. The number of phenols is 2. The third-order valence-corrected chi connectivity index (χ3v) is 2.62. The quantitative estimate of drug-likeness (QED) is 0.466. The van der Waals surface area contributed by atoms with E-state index in [-0.39, 0.29) is 22.6 Å². The Morgan fingerprint density at radius 2 is 1.21 bits per heavy atom. The second-order valence-corrected chi connectivity index (χ2v) is 3.54. The lowest BCUT2D eigenvalue weighted by Crippen LogP contribution is -2.14. The summed E-state index contributed by atoms with van der Waals surface area (Å²) >= 11 is 0. The van der Waals surface area contributed by atoms with Gasteiger partial charge < -0.3 is 20.4 Å². The van der Waals surface area contributed by atoms with Gasteiger partial charge >= 0.3 is 0 Å². The highest BCUT2D eigenvalue weighted by Gasteiger charge is 2.29. The molecule has 1 aliphatic rings. The fourth-order valence-electron chi connectivity index (χ4n) is 1.92. The minimum Gasteiger partial charge on any atom is -0.508 e. The van der Waals surface area contributed by atoms with Crippen molar-refractivity contribution in [1.82, 2.24) is 0 Å². The standard InChI is InChI=1S/C10H12O4/c11-5-1-2-6(12)10-8(14)4-3-7(13)9(5)10/h1-2,7-8,11-14H,3-4H2. The van der Waals surface area contributed by atoms with Crippen LogP contribution in [0.1, 0.15) is 36.2 Å². The highest BCUT2D eigenvalue weighted by atomic mass is 16.3. The first-order valence-electron chi connectivity index (χ1n) is 4.52. The zero-order chi connectivity index (χ0) is 10.3. The van der Waals surface area contributed by atoms with Gasteiger partial charge in [-0.25, -0.2) is 0 Å². The highest BCUT2D eigenvalue weighted by Crippen LogP contribution is 2.44. The maximum absolute atomic E-state index is 9.60. The van der Waals surface area contributed by atoms with Gasteiger partial charge in [-0.05, 0) is 25.0 Å². The van der Waals surface area contributed by atoms with Gasteiger partial charge in [0.1, 0.15) is 11.5 Å². The van der Waals surface area contributed by atoms with Gasteiger partial charge in [-0.1, -0.05) is 0 Å². The molecule has 1 aliphatic carbocycles. The van der Waals surface area contributed by atoms with E-state index in [0.29, 0.717) is 12.8 Å². The van der Waals surface area contributed by atoms with Crippen LogP contribution >= 0.6 is 0 Å². The minimum absolute atomic E-state index is 0.0796. The number of aliphatic hydroxyl groups excluding tert-OH is 2. The molecule has 0 saturated carbocycles. The number of hydrogen-bond donors (Lipinski definition) is 4. The van der Waals surface area contributed by atoms with E-state index >= 15 is 0 Å². The van der Waals surface area contributed by atoms with Gasteiger partial charge in [-0.2, -0.15) is 0 Å². The molecule has 76 valence electrons. The van der Waals surface area contributed by atoms with Crippen molar-refractivity contribution in [1.29, 1.82) is 0 Å². The van der Waals surface area contributed by atoms with Gasteiger partial charge in [0.25, 0.3) is 0 Å². The third-order valence-electron chi connectivity index (χ3n) is 2.62. The number of benzene rings is 1. The van der Waals surface area contributed by atoms with Crippen LogP contribution in [0.15, 0.2) is 12.1 Å². The molecular formula is C10H12O4. The molecule has 14 heavy (non-hydrogen) atoms. The van der Waals surface area contributed by atoms with E-state index in [4.69, 9.17) is 0 Å². The lowest BCUT2D eigenvalue weighted by molar-refractivity contribution is 0.0864. The van der Waals surface area contributed by atoms with Crippen molar-refractivity contribution in [2.45, 2.75) is 25.0 Å². The Morgan fingerprint density at radius 1 is 0.857 bits per heavy atom. The zero-order valence-electron chi connectivity index (χ0n) is 7.51. The van der Waals surface area contributed by atoms with E-state index < -0.39 is 12.2 Å². The van der Waals surface area contributed by atoms with Crippen molar-refractivity contribution in [3.8, 4) is 11.5 Å². The van der Waals surface area contributed by atoms with Crippen molar-refractivity contribution < 1.29 is 20.4 Å². The summed E-state index contributed by atoms with van der Waals surface area (Å²) in [5, 5.41) is 38.2. The van der Waals surface area contributed by atoms with E-state index in [1.165, 1.54) is 12.1 Å². The third kappa shape index (κ3) is 1.23. The first kappa shape index (κ1) is 9.30. The van der Waals surface area contributed by atoms with Crippen LogP contribution in [0.2, 0.25) is 0 Å². The molecule has 2 atom stereocenters. The molecule has 0 fully saturated rings. The van der Waals surface area contributed by atoms with Crippen molar-refractivity contribution in [3.05, 3.63) is 23.3 Å². The molecule has 4 heteroatoms. The van der Waals surface area contributed by atoms with Gasteiger partial charge in [0.2, 0.25) is 0 Å². The molecule has 1 aromatic rings. The number of fused-ring (bicyclic) bond motifs is 1. The van der Waals surface area contributed by atoms with Crippen molar-refractivity contribution in [2.75, 3.05) is 0 Å². The van der Waals surface area contributed by atoms with Gasteiger partial charge in [0, 0.05) is 11.1 Å². The lowest BCUT2D eigenvalue weighted by atomic mass is 9.86. The summed E-state index contributed by atoms with van der Waals surface area (Å²) in [4.78, 5) is 0. The maximum Gasteiger partial charge on any atom is 0.122 e. The second-order valence-electron chi connectivity index (χ2n) is 3.54. The Hall–Kier alpha value is -1.26. The van der Waals surface area contributed by atoms with Crippen molar-refractivity contribution >= 4 is 0 Å². The Balaban J connectivity index is 2.65. The zero-order valence-corrected chi connectivity index (χ0v) is 7.51. The molecule has 0 heterocycles. The van der Waals surface area contributed by atoms with E-state index in [9.17, 15) is 20.4 Å². The Bertz CT molecular complexity index is 326. The molecule has 0 spiro atoms. The number of rotatable bonds is 0. The summed E-state index contributed by atoms with van der Waals surface area (Å²) in [6, 6.07) is 2.63. The molecule has 2 unspecified atom stereocenters. The summed E-state index contributed by atoms with van der Waals surface area (Å²) in [5.74, 6) is -0.159. The minimum atomic E-state index is -0.805. The summed E-state index contributed by atoms with van der Waals surface area (Å²) < 4.78 is 0. The fourth-order valence-corrected chi connectivity index (χ4v) is 1.92. The maximum atomic E-state index is 9.60. The summed E-state index contributed by atoms with van der Waals surface area (Å²) in [7, 11) is 0. The monoisotopic (exact) mass is 196 g/mol. The molecule has 0 bridgehead atoms. The van der Waals surface area contributed by atoms with Crippen molar-refractivity contribution in [2.24, 2.45) is 0 Å². The topological polar surface area (TPSA) is 80.9 Å².